The number of carbonyl (C=O) groups is 1. The van der Waals surface area contributed by atoms with Gasteiger partial charge in [-0.3, -0.25) is 4.79 Å². The van der Waals surface area contributed by atoms with E-state index >= 15 is 0 Å². The normalized spacial score (nSPS) is 22.4. The van der Waals surface area contributed by atoms with Gasteiger partial charge >= 0.3 is 0 Å². The van der Waals surface area contributed by atoms with Crippen molar-refractivity contribution in [3.63, 3.8) is 0 Å². The third kappa shape index (κ3) is 5.67. The third-order valence-electron chi connectivity index (χ3n) is 6.71. The van der Waals surface area contributed by atoms with Gasteiger partial charge in [0.15, 0.2) is 0 Å². The van der Waals surface area contributed by atoms with Gasteiger partial charge in [-0.1, -0.05) is 25.5 Å². The number of benzene rings is 2. The number of hydrogen-bond acceptors (Lipinski definition) is 4. The van der Waals surface area contributed by atoms with Crippen LogP contribution in [0.5, 0.6) is 5.75 Å². The van der Waals surface area contributed by atoms with Crippen LogP contribution in [0, 0.1) is 11.6 Å². The lowest BCUT2D eigenvalue weighted by Gasteiger charge is -2.40. The van der Waals surface area contributed by atoms with Crippen LogP contribution in [0.3, 0.4) is 0 Å². The summed E-state index contributed by atoms with van der Waals surface area (Å²) in [5.74, 6) is -1.52. The van der Waals surface area contributed by atoms with Gasteiger partial charge in [0, 0.05) is 25.7 Å². The average molecular weight is 507 g/mol. The first kappa shape index (κ1) is 25.6. The fourth-order valence-corrected chi connectivity index (χ4v) is 6.82. The van der Waals surface area contributed by atoms with E-state index in [2.05, 4.69) is 0 Å². The Morgan fingerprint density at radius 1 is 0.971 bits per heavy atom. The Morgan fingerprint density at radius 2 is 1.66 bits per heavy atom. The molecule has 0 bridgehead atoms. The fourth-order valence-electron chi connectivity index (χ4n) is 5.06. The van der Waals surface area contributed by atoms with E-state index in [4.69, 9.17) is 4.74 Å². The zero-order valence-electron chi connectivity index (χ0n) is 20.0. The highest BCUT2D eigenvalue weighted by Gasteiger charge is 2.39. The van der Waals surface area contributed by atoms with Crippen molar-refractivity contribution >= 4 is 15.9 Å². The molecule has 0 saturated heterocycles. The highest BCUT2D eigenvalue weighted by molar-refractivity contribution is 7.89. The number of halogens is 2. The molecule has 2 aromatic rings. The molecular weight excluding hydrogens is 474 g/mol. The molecule has 6 nitrogen and oxygen atoms in total. The molecule has 4 rings (SSSR count). The van der Waals surface area contributed by atoms with E-state index in [0.717, 1.165) is 31.4 Å². The Kier molecular flexibility index (Phi) is 8.06. The lowest BCUT2D eigenvalue weighted by molar-refractivity contribution is 0.0636. The van der Waals surface area contributed by atoms with Crippen LogP contribution in [-0.4, -0.2) is 55.3 Å². The van der Waals surface area contributed by atoms with Crippen LogP contribution in [0.1, 0.15) is 62.2 Å². The summed E-state index contributed by atoms with van der Waals surface area (Å²) in [5, 5.41) is 0. The van der Waals surface area contributed by atoms with E-state index in [0.29, 0.717) is 56.2 Å². The molecule has 1 fully saturated rings. The van der Waals surface area contributed by atoms with E-state index in [1.807, 2.05) is 6.92 Å². The van der Waals surface area contributed by atoms with Crippen molar-refractivity contribution in [3.8, 4) is 5.75 Å². The molecule has 2 aromatic carbocycles. The minimum Gasteiger partial charge on any atom is -0.488 e. The summed E-state index contributed by atoms with van der Waals surface area (Å²) < 4.78 is 63.1. The molecule has 1 amide bonds. The number of ether oxygens (including phenoxy) is 1. The van der Waals surface area contributed by atoms with E-state index in [-0.39, 0.29) is 12.5 Å². The average Bonchev–Trinajstić information content (AvgIpc) is 2.82. The summed E-state index contributed by atoms with van der Waals surface area (Å²) in [6, 6.07) is 8.97. The van der Waals surface area contributed by atoms with Crippen molar-refractivity contribution < 1.29 is 26.7 Å². The summed E-state index contributed by atoms with van der Waals surface area (Å²) in [6.45, 7) is 3.26. The van der Waals surface area contributed by atoms with E-state index < -0.39 is 38.7 Å². The second kappa shape index (κ2) is 11.0. The Labute approximate surface area is 205 Å². The summed E-state index contributed by atoms with van der Waals surface area (Å²) in [6.07, 6.45) is 4.30. The number of fused-ring (bicyclic) bond motifs is 2. The summed E-state index contributed by atoms with van der Waals surface area (Å²) in [4.78, 5) is 14.7. The smallest absolute Gasteiger partial charge is 0.257 e. The number of rotatable bonds is 4. The number of hydrogen-bond donors (Lipinski definition) is 0. The predicted molar refractivity (Wildman–Crippen MR) is 129 cm³/mol. The molecule has 0 spiro atoms. The minimum atomic E-state index is -4.19. The van der Waals surface area contributed by atoms with Crippen molar-refractivity contribution in [1.82, 2.24) is 9.21 Å². The maximum Gasteiger partial charge on any atom is 0.257 e. The van der Waals surface area contributed by atoms with Gasteiger partial charge in [0.1, 0.15) is 23.5 Å². The molecule has 0 aromatic heterocycles. The topological polar surface area (TPSA) is 66.9 Å². The molecule has 190 valence electrons. The quantitative estimate of drug-likeness (QED) is 0.586. The number of carbonyl (C=O) groups excluding carboxylic acids is 1. The predicted octanol–water partition coefficient (Wildman–Crippen LogP) is 4.99. The molecule has 0 unspecified atom stereocenters. The van der Waals surface area contributed by atoms with Crippen molar-refractivity contribution in [2.75, 3.05) is 19.6 Å². The van der Waals surface area contributed by atoms with Crippen LogP contribution >= 0.6 is 0 Å². The SMILES string of the molecule is CCCN1CCCCN(S(=O)(=O)c2cc(F)cc(F)c2)[C@@H]2CCCC[C@@H]2Oc2ccccc2C1=O. The molecule has 2 atom stereocenters. The first-order valence-corrected chi connectivity index (χ1v) is 13.8. The number of nitrogens with zero attached hydrogens (tertiary/aromatic N) is 2. The molecular formula is C26H32F2N2O4S. The molecule has 2 aliphatic rings. The minimum absolute atomic E-state index is 0.0879. The maximum absolute atomic E-state index is 14.0. The Bertz CT molecular complexity index is 1140. The van der Waals surface area contributed by atoms with E-state index in [9.17, 15) is 22.0 Å². The highest BCUT2D eigenvalue weighted by atomic mass is 32.2. The maximum atomic E-state index is 14.0. The second-order valence-electron chi connectivity index (χ2n) is 9.22. The largest absolute Gasteiger partial charge is 0.488 e. The third-order valence-corrected chi connectivity index (χ3v) is 8.62. The van der Waals surface area contributed by atoms with E-state index in [1.54, 1.807) is 29.2 Å². The van der Waals surface area contributed by atoms with Crippen LogP contribution < -0.4 is 4.74 Å². The molecule has 35 heavy (non-hydrogen) atoms. The van der Waals surface area contributed by atoms with Gasteiger partial charge in [-0.2, -0.15) is 4.31 Å². The molecule has 0 radical (unpaired) electrons. The molecule has 0 N–H and O–H groups in total. The highest BCUT2D eigenvalue weighted by Crippen LogP contribution is 2.33. The van der Waals surface area contributed by atoms with Crippen LogP contribution in [0.25, 0.3) is 0 Å². The number of sulfonamides is 1. The standard InChI is InChI=1S/C26H32F2N2O4S/c1-2-13-29-14-7-8-15-30(35(32,33)21-17-19(27)16-20(28)18-21)23-10-4-6-12-25(23)34-24-11-5-3-9-22(24)26(29)31/h3,5,9,11,16-18,23,25H,2,4,6-8,10,12-15H2,1H3/t23-,25+/m1/s1. The molecule has 1 aliphatic heterocycles. The van der Waals surface area contributed by atoms with Crippen LogP contribution in [-0.2, 0) is 10.0 Å². The molecule has 9 heteroatoms. The van der Waals surface area contributed by atoms with Crippen molar-refractivity contribution in [2.45, 2.75) is 68.9 Å². The second-order valence-corrected chi connectivity index (χ2v) is 11.1. The van der Waals surface area contributed by atoms with Crippen LogP contribution in [0.2, 0.25) is 0 Å². The zero-order chi connectivity index (χ0) is 25.0. The van der Waals surface area contributed by atoms with E-state index in [1.165, 1.54) is 4.31 Å². The van der Waals surface area contributed by atoms with Gasteiger partial charge in [-0.05, 0) is 62.8 Å². The Balaban J connectivity index is 1.76. The molecule has 1 saturated carbocycles. The van der Waals surface area contributed by atoms with Gasteiger partial charge in [0.2, 0.25) is 10.0 Å². The fraction of sp³-hybridized carbons (Fsp3) is 0.500. The zero-order valence-corrected chi connectivity index (χ0v) is 20.8. The van der Waals surface area contributed by atoms with Gasteiger partial charge in [0.25, 0.3) is 5.91 Å². The first-order valence-electron chi connectivity index (χ1n) is 12.3. The number of amides is 1. The summed E-state index contributed by atoms with van der Waals surface area (Å²) >= 11 is 0. The lowest BCUT2D eigenvalue weighted by Crippen LogP contribution is -2.51. The molecule has 1 heterocycles. The Morgan fingerprint density at radius 3 is 2.40 bits per heavy atom. The van der Waals surface area contributed by atoms with Gasteiger partial charge in [0.05, 0.1) is 16.5 Å². The number of para-hydroxylation sites is 1. The van der Waals surface area contributed by atoms with Crippen molar-refractivity contribution in [2.24, 2.45) is 0 Å². The summed E-state index contributed by atoms with van der Waals surface area (Å²) in [5.41, 5.74) is 0.465. The Hall–Kier alpha value is -2.52. The van der Waals surface area contributed by atoms with Crippen LogP contribution in [0.15, 0.2) is 47.4 Å². The lowest BCUT2D eigenvalue weighted by atomic mass is 9.92. The monoisotopic (exact) mass is 506 g/mol. The van der Waals surface area contributed by atoms with Crippen molar-refractivity contribution in [3.05, 3.63) is 59.7 Å². The first-order chi connectivity index (χ1) is 16.8. The van der Waals surface area contributed by atoms with Gasteiger partial charge in [-0.15, -0.1) is 0 Å². The summed E-state index contributed by atoms with van der Waals surface area (Å²) in [7, 11) is -4.19. The van der Waals surface area contributed by atoms with Gasteiger partial charge < -0.3 is 9.64 Å². The van der Waals surface area contributed by atoms with Crippen molar-refractivity contribution in [1.29, 1.82) is 0 Å². The molecule has 1 aliphatic carbocycles. The van der Waals surface area contributed by atoms with Gasteiger partial charge in [-0.25, -0.2) is 17.2 Å². The van der Waals surface area contributed by atoms with Crippen LogP contribution in [0.4, 0.5) is 8.78 Å².